The van der Waals surface area contributed by atoms with Crippen LogP contribution in [0, 0.1) is 11.8 Å². The maximum atomic E-state index is 12.8. The van der Waals surface area contributed by atoms with Gasteiger partial charge in [-0.25, -0.2) is 0 Å². The highest BCUT2D eigenvalue weighted by atomic mass is 16.2. The van der Waals surface area contributed by atoms with Gasteiger partial charge in [0.25, 0.3) is 5.91 Å². The van der Waals surface area contributed by atoms with Gasteiger partial charge in [0, 0.05) is 25.1 Å². The minimum atomic E-state index is -0.560. The third-order valence-corrected chi connectivity index (χ3v) is 6.36. The number of imide groups is 1. The van der Waals surface area contributed by atoms with Crippen LogP contribution >= 0.6 is 0 Å². The Labute approximate surface area is 165 Å². The molecule has 7 heteroatoms. The lowest BCUT2D eigenvalue weighted by atomic mass is 9.95. The second-order valence-corrected chi connectivity index (χ2v) is 8.20. The van der Waals surface area contributed by atoms with Crippen LogP contribution in [0.1, 0.15) is 47.7 Å². The van der Waals surface area contributed by atoms with Gasteiger partial charge in [0.1, 0.15) is 6.04 Å². The molecule has 1 unspecified atom stereocenters. The van der Waals surface area contributed by atoms with E-state index in [0.29, 0.717) is 25.1 Å². The summed E-state index contributed by atoms with van der Waals surface area (Å²) in [6.45, 7) is 6.60. The molecule has 0 spiro atoms. The van der Waals surface area contributed by atoms with Crippen LogP contribution in [0.25, 0.3) is 0 Å². The molecular formula is C21H28N4O3. The first-order chi connectivity index (χ1) is 13.5. The van der Waals surface area contributed by atoms with Crippen molar-refractivity contribution in [3.8, 4) is 0 Å². The van der Waals surface area contributed by atoms with Crippen LogP contribution in [0.3, 0.4) is 0 Å². The highest BCUT2D eigenvalue weighted by Gasteiger charge is 2.39. The molecule has 0 aliphatic carbocycles. The zero-order valence-corrected chi connectivity index (χ0v) is 16.3. The summed E-state index contributed by atoms with van der Waals surface area (Å²) >= 11 is 0. The van der Waals surface area contributed by atoms with Gasteiger partial charge in [-0.15, -0.1) is 0 Å². The number of carbonyl (C=O) groups excluding carboxylic acids is 3. The van der Waals surface area contributed by atoms with Gasteiger partial charge >= 0.3 is 0 Å². The molecule has 1 aromatic rings. The summed E-state index contributed by atoms with van der Waals surface area (Å²) in [6, 6.07) is 5.23. The molecule has 3 aliphatic heterocycles. The summed E-state index contributed by atoms with van der Waals surface area (Å²) in [4.78, 5) is 38.1. The Morgan fingerprint density at radius 1 is 1.21 bits per heavy atom. The minimum absolute atomic E-state index is 0.114. The molecule has 0 bridgehead atoms. The molecule has 3 N–H and O–H groups in total. The van der Waals surface area contributed by atoms with Crippen LogP contribution in [0.4, 0.5) is 0 Å². The maximum Gasteiger partial charge on any atom is 0.255 e. The van der Waals surface area contributed by atoms with Crippen LogP contribution in [0.15, 0.2) is 18.2 Å². The standard InChI is InChI=1S/C21H28N4O3/c1-13-9-23-10-14(13)7-8-22-11-15-3-2-4-16-17(15)12-25(21(16)28)18-5-6-19(26)24-20(18)27/h2-4,13-14,18,22-23H,5-12H2,1H3,(H,24,26,27)/t13-,14-,18?/m1/s1. The third-order valence-electron chi connectivity index (χ3n) is 6.36. The quantitative estimate of drug-likeness (QED) is 0.498. The molecule has 3 amide bonds. The largest absolute Gasteiger partial charge is 0.322 e. The highest BCUT2D eigenvalue weighted by molar-refractivity contribution is 6.05. The maximum absolute atomic E-state index is 12.8. The smallest absolute Gasteiger partial charge is 0.255 e. The second kappa shape index (κ2) is 8.01. The lowest BCUT2D eigenvalue weighted by Gasteiger charge is -2.29. The van der Waals surface area contributed by atoms with E-state index in [1.165, 1.54) is 0 Å². The van der Waals surface area contributed by atoms with Crippen molar-refractivity contribution in [2.24, 2.45) is 11.8 Å². The fourth-order valence-electron chi connectivity index (χ4n) is 4.58. The molecule has 0 radical (unpaired) electrons. The molecule has 0 aromatic heterocycles. The average Bonchev–Trinajstić information content (AvgIpc) is 3.23. The predicted molar refractivity (Wildman–Crippen MR) is 104 cm³/mol. The zero-order chi connectivity index (χ0) is 19.7. The average molecular weight is 384 g/mol. The lowest BCUT2D eigenvalue weighted by molar-refractivity contribution is -0.136. The van der Waals surface area contributed by atoms with Crippen molar-refractivity contribution >= 4 is 17.7 Å². The summed E-state index contributed by atoms with van der Waals surface area (Å²) in [5, 5.41) is 9.31. The Bertz CT molecular complexity index is 794. The molecule has 150 valence electrons. The number of benzene rings is 1. The van der Waals surface area contributed by atoms with Crippen molar-refractivity contribution in [1.82, 2.24) is 20.9 Å². The van der Waals surface area contributed by atoms with E-state index in [0.717, 1.165) is 49.0 Å². The van der Waals surface area contributed by atoms with Gasteiger partial charge in [0.05, 0.1) is 0 Å². The molecule has 0 saturated carbocycles. The molecule has 4 rings (SSSR count). The van der Waals surface area contributed by atoms with Crippen molar-refractivity contribution in [2.75, 3.05) is 19.6 Å². The number of nitrogens with one attached hydrogen (secondary N) is 3. The van der Waals surface area contributed by atoms with E-state index in [4.69, 9.17) is 0 Å². The van der Waals surface area contributed by atoms with Gasteiger partial charge < -0.3 is 15.5 Å². The van der Waals surface area contributed by atoms with Crippen LogP contribution in [-0.4, -0.2) is 48.3 Å². The normalized spacial score (nSPS) is 27.2. The Morgan fingerprint density at radius 3 is 2.82 bits per heavy atom. The first-order valence-corrected chi connectivity index (χ1v) is 10.2. The van der Waals surface area contributed by atoms with Gasteiger partial charge in [-0.2, -0.15) is 0 Å². The Kier molecular flexibility index (Phi) is 5.46. The summed E-state index contributed by atoms with van der Waals surface area (Å²) in [5.41, 5.74) is 2.79. The van der Waals surface area contributed by atoms with Gasteiger partial charge in [-0.3, -0.25) is 19.7 Å². The molecule has 1 aromatic carbocycles. The topological polar surface area (TPSA) is 90.5 Å². The Morgan fingerprint density at radius 2 is 2.07 bits per heavy atom. The number of rotatable bonds is 6. The van der Waals surface area contributed by atoms with Crippen molar-refractivity contribution in [1.29, 1.82) is 0 Å². The van der Waals surface area contributed by atoms with Crippen molar-refractivity contribution in [3.63, 3.8) is 0 Å². The van der Waals surface area contributed by atoms with Crippen molar-refractivity contribution < 1.29 is 14.4 Å². The molecule has 2 saturated heterocycles. The van der Waals surface area contributed by atoms with Gasteiger partial charge in [-0.1, -0.05) is 19.1 Å². The lowest BCUT2D eigenvalue weighted by Crippen LogP contribution is -2.52. The van der Waals surface area contributed by atoms with Gasteiger partial charge in [-0.05, 0) is 61.5 Å². The molecule has 28 heavy (non-hydrogen) atoms. The van der Waals surface area contributed by atoms with E-state index >= 15 is 0 Å². The number of carbonyl (C=O) groups is 3. The molecular weight excluding hydrogens is 356 g/mol. The first-order valence-electron chi connectivity index (χ1n) is 10.2. The number of hydrogen-bond acceptors (Lipinski definition) is 5. The van der Waals surface area contributed by atoms with E-state index in [2.05, 4.69) is 22.9 Å². The predicted octanol–water partition coefficient (Wildman–Crippen LogP) is 0.783. The monoisotopic (exact) mass is 384 g/mol. The SMILES string of the molecule is C[C@@H]1CNC[C@H]1CCNCc1cccc2c1CN(C1CCC(=O)NC1=O)C2=O. The fourth-order valence-corrected chi connectivity index (χ4v) is 4.58. The molecule has 3 aliphatic rings. The highest BCUT2D eigenvalue weighted by Crippen LogP contribution is 2.29. The molecule has 7 nitrogen and oxygen atoms in total. The number of amides is 3. The number of nitrogens with zero attached hydrogens (tertiary/aromatic N) is 1. The number of hydrogen-bond donors (Lipinski definition) is 3. The van der Waals surface area contributed by atoms with Crippen LogP contribution < -0.4 is 16.0 Å². The Hall–Kier alpha value is -2.25. The number of fused-ring (bicyclic) bond motifs is 1. The molecule has 3 heterocycles. The summed E-state index contributed by atoms with van der Waals surface area (Å²) in [6.07, 6.45) is 1.81. The van der Waals surface area contributed by atoms with E-state index in [1.54, 1.807) is 4.90 Å². The van der Waals surface area contributed by atoms with Gasteiger partial charge in [0.2, 0.25) is 11.8 Å². The van der Waals surface area contributed by atoms with Crippen LogP contribution in [0.5, 0.6) is 0 Å². The van der Waals surface area contributed by atoms with E-state index < -0.39 is 6.04 Å². The van der Waals surface area contributed by atoms with Crippen molar-refractivity contribution in [2.45, 2.75) is 45.3 Å². The van der Waals surface area contributed by atoms with Crippen LogP contribution in [-0.2, 0) is 22.7 Å². The van der Waals surface area contributed by atoms with E-state index in [9.17, 15) is 14.4 Å². The number of piperidine rings is 1. The fraction of sp³-hybridized carbons (Fsp3) is 0.571. The van der Waals surface area contributed by atoms with E-state index in [-0.39, 0.29) is 24.1 Å². The molecule has 3 atom stereocenters. The minimum Gasteiger partial charge on any atom is -0.322 e. The Balaban J connectivity index is 1.38. The summed E-state index contributed by atoms with van der Waals surface area (Å²) in [7, 11) is 0. The zero-order valence-electron chi connectivity index (χ0n) is 16.3. The van der Waals surface area contributed by atoms with Gasteiger partial charge in [0.15, 0.2) is 0 Å². The first kappa shape index (κ1) is 19.1. The summed E-state index contributed by atoms with van der Waals surface area (Å²) in [5.74, 6) is 0.705. The third kappa shape index (κ3) is 3.69. The molecule has 2 fully saturated rings. The van der Waals surface area contributed by atoms with E-state index in [1.807, 2.05) is 18.2 Å². The van der Waals surface area contributed by atoms with Crippen LogP contribution in [0.2, 0.25) is 0 Å². The summed E-state index contributed by atoms with van der Waals surface area (Å²) < 4.78 is 0. The second-order valence-electron chi connectivity index (χ2n) is 8.20. The van der Waals surface area contributed by atoms with Crippen molar-refractivity contribution in [3.05, 3.63) is 34.9 Å².